The van der Waals surface area contributed by atoms with Crippen molar-refractivity contribution in [1.29, 1.82) is 0 Å². The number of hydrogen-bond donors (Lipinski definition) is 2. The fraction of sp³-hybridized carbons (Fsp3) is 0.667. The van der Waals surface area contributed by atoms with Crippen LogP contribution < -0.4 is 5.32 Å². The summed E-state index contributed by atoms with van der Waals surface area (Å²) in [6.07, 6.45) is 0.116. The van der Waals surface area contributed by atoms with E-state index in [-0.39, 0.29) is 24.0 Å². The zero-order valence-corrected chi connectivity index (χ0v) is 9.81. The summed E-state index contributed by atoms with van der Waals surface area (Å²) < 4.78 is -0.506. The van der Waals surface area contributed by atoms with Gasteiger partial charge in [-0.05, 0) is 13.8 Å². The number of nitrogens with one attached hydrogen (secondary N) is 1. The Labute approximate surface area is 92.6 Å². The third-order valence-corrected chi connectivity index (χ3v) is 2.43. The molecule has 0 atom stereocenters. The van der Waals surface area contributed by atoms with Crippen molar-refractivity contribution >= 4 is 28.8 Å². The smallest absolute Gasteiger partial charge is 0.322 e. The minimum atomic E-state index is -1.08. The highest BCUT2D eigenvalue weighted by Crippen LogP contribution is 2.28. The molecule has 0 aliphatic carbocycles. The number of hydrogen-bond acceptors (Lipinski definition) is 4. The summed E-state index contributed by atoms with van der Waals surface area (Å²) in [5.41, 5.74) is 0. The Morgan fingerprint density at radius 2 is 1.87 bits per heavy atom. The van der Waals surface area contributed by atoms with Gasteiger partial charge in [0.1, 0.15) is 6.54 Å². The second-order valence-corrected chi connectivity index (χ2v) is 5.58. The Morgan fingerprint density at radius 3 is 2.27 bits per heavy atom. The quantitative estimate of drug-likeness (QED) is 0.728. The summed E-state index contributed by atoms with van der Waals surface area (Å²) in [7, 11) is 0. The van der Waals surface area contributed by atoms with Gasteiger partial charge in [-0.3, -0.25) is 14.4 Å². The highest BCUT2D eigenvalue weighted by Gasteiger charge is 2.24. The van der Waals surface area contributed by atoms with E-state index in [0.29, 0.717) is 0 Å². The van der Waals surface area contributed by atoms with Gasteiger partial charge in [0.15, 0.2) is 5.12 Å². The van der Waals surface area contributed by atoms with Gasteiger partial charge >= 0.3 is 5.97 Å². The number of thioether (sulfide) groups is 1. The van der Waals surface area contributed by atoms with Crippen molar-refractivity contribution in [2.45, 2.75) is 31.9 Å². The van der Waals surface area contributed by atoms with Crippen LogP contribution in [-0.4, -0.2) is 33.4 Å². The van der Waals surface area contributed by atoms with Crippen molar-refractivity contribution in [3.8, 4) is 0 Å². The Hall–Kier alpha value is -1.04. The molecule has 0 aromatic carbocycles. The van der Waals surface area contributed by atoms with Gasteiger partial charge in [0.25, 0.3) is 0 Å². The molecule has 0 saturated heterocycles. The Morgan fingerprint density at radius 1 is 1.33 bits per heavy atom. The van der Waals surface area contributed by atoms with E-state index in [2.05, 4.69) is 5.32 Å². The van der Waals surface area contributed by atoms with E-state index in [1.807, 2.05) is 0 Å². The number of aliphatic carboxylic acids is 1. The lowest BCUT2D eigenvalue weighted by Gasteiger charge is -2.21. The van der Waals surface area contributed by atoms with Crippen LogP contribution in [0.4, 0.5) is 0 Å². The summed E-state index contributed by atoms with van der Waals surface area (Å²) in [5, 5.41) is 10.5. The van der Waals surface area contributed by atoms with Gasteiger partial charge in [-0.15, -0.1) is 0 Å². The van der Waals surface area contributed by atoms with E-state index in [0.717, 1.165) is 11.8 Å². The first-order chi connectivity index (χ1) is 6.73. The lowest BCUT2D eigenvalue weighted by atomic mass is 10.1. The van der Waals surface area contributed by atoms with E-state index in [9.17, 15) is 14.4 Å². The molecule has 0 aliphatic heterocycles. The normalized spacial score (nSPS) is 10.9. The molecule has 5 nitrogen and oxygen atoms in total. The monoisotopic (exact) mass is 233 g/mol. The van der Waals surface area contributed by atoms with Gasteiger partial charge in [0, 0.05) is 18.1 Å². The van der Waals surface area contributed by atoms with Crippen LogP contribution in [-0.2, 0) is 14.4 Å². The van der Waals surface area contributed by atoms with Gasteiger partial charge in [-0.2, -0.15) is 0 Å². The van der Waals surface area contributed by atoms with Crippen LogP contribution in [0.1, 0.15) is 27.2 Å². The Balaban J connectivity index is 4.04. The molecular weight excluding hydrogens is 218 g/mol. The second-order valence-electron chi connectivity index (χ2n) is 3.70. The number of carboxylic acids is 1. The van der Waals surface area contributed by atoms with Crippen LogP contribution in [0, 0.1) is 0 Å². The van der Waals surface area contributed by atoms with Crippen LogP contribution >= 0.6 is 11.8 Å². The van der Waals surface area contributed by atoms with Crippen molar-refractivity contribution < 1.29 is 19.5 Å². The molecule has 15 heavy (non-hydrogen) atoms. The lowest BCUT2D eigenvalue weighted by molar-refractivity contribution is -0.138. The minimum absolute atomic E-state index is 0.0639. The fourth-order valence-corrected chi connectivity index (χ4v) is 2.03. The maximum Gasteiger partial charge on any atom is 0.322 e. The predicted molar refractivity (Wildman–Crippen MR) is 57.6 cm³/mol. The van der Waals surface area contributed by atoms with Crippen molar-refractivity contribution in [3.63, 3.8) is 0 Å². The number of carbonyl (C=O) groups excluding carboxylic acids is 2. The van der Waals surface area contributed by atoms with Crippen LogP contribution in [0.15, 0.2) is 0 Å². The third-order valence-electron chi connectivity index (χ3n) is 1.44. The van der Waals surface area contributed by atoms with E-state index in [1.54, 1.807) is 13.8 Å². The van der Waals surface area contributed by atoms with Crippen molar-refractivity contribution in [2.24, 2.45) is 0 Å². The van der Waals surface area contributed by atoms with Gasteiger partial charge in [0.05, 0.1) is 0 Å². The molecule has 0 heterocycles. The summed E-state index contributed by atoms with van der Waals surface area (Å²) in [5.74, 6) is -1.45. The van der Waals surface area contributed by atoms with E-state index < -0.39 is 10.7 Å². The van der Waals surface area contributed by atoms with Gasteiger partial charge in [-0.1, -0.05) is 11.8 Å². The molecule has 0 unspecified atom stereocenters. The summed E-state index contributed by atoms with van der Waals surface area (Å²) in [4.78, 5) is 32.3. The summed E-state index contributed by atoms with van der Waals surface area (Å²) >= 11 is 1.07. The predicted octanol–water partition coefficient (Wildman–Crippen LogP) is 0.636. The van der Waals surface area contributed by atoms with Gasteiger partial charge in [-0.25, -0.2) is 0 Å². The average Bonchev–Trinajstić information content (AvgIpc) is 1.96. The first kappa shape index (κ1) is 14.0. The Kier molecular flexibility index (Phi) is 5.35. The molecule has 0 fully saturated rings. The van der Waals surface area contributed by atoms with Crippen LogP contribution in [0.5, 0.6) is 0 Å². The van der Waals surface area contributed by atoms with Gasteiger partial charge in [0.2, 0.25) is 5.91 Å². The SMILES string of the molecule is CC(=O)SC(C)(C)CC(=O)NCC(=O)O. The molecular formula is C9H15NO4S. The maximum atomic E-state index is 11.2. The largest absolute Gasteiger partial charge is 0.480 e. The Bertz CT molecular complexity index is 275. The molecule has 2 N–H and O–H groups in total. The first-order valence-electron chi connectivity index (χ1n) is 4.41. The molecule has 0 saturated carbocycles. The van der Waals surface area contributed by atoms with Crippen molar-refractivity contribution in [1.82, 2.24) is 5.32 Å². The number of rotatable bonds is 5. The maximum absolute atomic E-state index is 11.2. The highest BCUT2D eigenvalue weighted by atomic mass is 32.2. The topological polar surface area (TPSA) is 83.5 Å². The highest BCUT2D eigenvalue weighted by molar-refractivity contribution is 8.14. The average molecular weight is 233 g/mol. The number of amides is 1. The second kappa shape index (κ2) is 5.75. The van der Waals surface area contributed by atoms with E-state index >= 15 is 0 Å². The third kappa shape index (κ3) is 7.99. The fourth-order valence-electron chi connectivity index (χ4n) is 1.05. The molecule has 1 amide bonds. The van der Waals surface area contributed by atoms with Crippen molar-refractivity contribution in [2.75, 3.05) is 6.54 Å². The van der Waals surface area contributed by atoms with Gasteiger partial charge < -0.3 is 10.4 Å². The van der Waals surface area contributed by atoms with Crippen LogP contribution in [0.25, 0.3) is 0 Å². The molecule has 0 radical (unpaired) electrons. The zero-order valence-electron chi connectivity index (χ0n) is 8.99. The molecule has 86 valence electrons. The molecule has 0 rings (SSSR count). The molecule has 0 aliphatic rings. The molecule has 0 bridgehead atoms. The number of carboxylic acid groups (broad SMARTS) is 1. The van der Waals surface area contributed by atoms with E-state index in [1.165, 1.54) is 6.92 Å². The standard InChI is InChI=1S/C9H15NO4S/c1-6(11)15-9(2,3)4-7(12)10-5-8(13)14/h4-5H2,1-3H3,(H,10,12)(H,13,14). The van der Waals surface area contributed by atoms with Crippen LogP contribution in [0.3, 0.4) is 0 Å². The lowest BCUT2D eigenvalue weighted by Crippen LogP contribution is -2.34. The number of carbonyl (C=O) groups is 3. The molecule has 0 aromatic heterocycles. The van der Waals surface area contributed by atoms with Crippen LogP contribution in [0.2, 0.25) is 0 Å². The molecule has 0 aromatic rings. The first-order valence-corrected chi connectivity index (χ1v) is 5.22. The molecule has 6 heteroatoms. The summed E-state index contributed by atoms with van der Waals surface area (Å²) in [6, 6.07) is 0. The summed E-state index contributed by atoms with van der Waals surface area (Å²) in [6.45, 7) is 4.57. The zero-order chi connectivity index (χ0) is 12.1. The molecule has 0 spiro atoms. The van der Waals surface area contributed by atoms with E-state index in [4.69, 9.17) is 5.11 Å². The minimum Gasteiger partial charge on any atom is -0.480 e. The van der Waals surface area contributed by atoms with Crippen molar-refractivity contribution in [3.05, 3.63) is 0 Å².